The van der Waals surface area contributed by atoms with Gasteiger partial charge < -0.3 is 0 Å². The molecule has 2 heteroatoms. The van der Waals surface area contributed by atoms with Gasteiger partial charge in [-0.15, -0.1) is 0 Å². The lowest BCUT2D eigenvalue weighted by atomic mass is 10.0. The summed E-state index contributed by atoms with van der Waals surface area (Å²) in [6.45, 7) is 4.28. The zero-order valence-electron chi connectivity index (χ0n) is 12.7. The maximum absolute atomic E-state index is 4.06. The number of rotatable bonds is 2. The zero-order chi connectivity index (χ0) is 14.8. The lowest BCUT2D eigenvalue weighted by Gasteiger charge is -2.06. The fraction of sp³-hybridized carbons (Fsp3) is 0.158. The van der Waals surface area contributed by atoms with E-state index in [9.17, 15) is 0 Å². The van der Waals surface area contributed by atoms with Gasteiger partial charge in [0.1, 0.15) is 7.05 Å². The molecule has 2 aromatic heterocycles. The third-order valence-electron chi connectivity index (χ3n) is 4.02. The number of pyridine rings is 2. The van der Waals surface area contributed by atoms with Crippen molar-refractivity contribution in [3.63, 3.8) is 0 Å². The predicted octanol–water partition coefficient (Wildman–Crippen LogP) is 3.86. The smallest absolute Gasteiger partial charge is 0.178 e. The molecular formula is C19H19N2+. The standard InChI is InChI=1S/C19H19N2/c1-14-12-19(13-15(2)21(14)3)17-6-4-16(5-7-17)18-8-10-20-11-9-18/h4-13H,1-3H3/q+1. The minimum absolute atomic E-state index is 1.20. The van der Waals surface area contributed by atoms with E-state index in [-0.39, 0.29) is 0 Å². The van der Waals surface area contributed by atoms with Gasteiger partial charge in [0.15, 0.2) is 11.4 Å². The Labute approximate surface area is 125 Å². The molecule has 3 rings (SSSR count). The molecule has 0 bridgehead atoms. The molecule has 0 radical (unpaired) electrons. The number of benzene rings is 1. The first-order valence-corrected chi connectivity index (χ1v) is 7.13. The van der Waals surface area contributed by atoms with Crippen LogP contribution in [0, 0.1) is 13.8 Å². The Kier molecular flexibility index (Phi) is 3.53. The second-order valence-corrected chi connectivity index (χ2v) is 5.40. The molecule has 3 aromatic rings. The van der Waals surface area contributed by atoms with Crippen LogP contribution in [-0.2, 0) is 7.05 Å². The van der Waals surface area contributed by atoms with E-state index >= 15 is 0 Å². The topological polar surface area (TPSA) is 16.8 Å². The lowest BCUT2D eigenvalue weighted by molar-refractivity contribution is -0.683. The quantitative estimate of drug-likeness (QED) is 0.649. The minimum Gasteiger partial charge on any atom is -0.265 e. The molecule has 0 saturated heterocycles. The first-order chi connectivity index (χ1) is 10.1. The van der Waals surface area contributed by atoms with E-state index < -0.39 is 0 Å². The molecule has 2 nitrogen and oxygen atoms in total. The highest BCUT2D eigenvalue weighted by Gasteiger charge is 2.09. The Bertz CT molecular complexity index is 736. The third kappa shape index (κ3) is 2.70. The van der Waals surface area contributed by atoms with Crippen LogP contribution in [0.5, 0.6) is 0 Å². The lowest BCUT2D eigenvalue weighted by Crippen LogP contribution is -2.35. The summed E-state index contributed by atoms with van der Waals surface area (Å²) >= 11 is 0. The van der Waals surface area contributed by atoms with Crippen molar-refractivity contribution in [3.8, 4) is 22.3 Å². The number of nitrogens with zero attached hydrogens (tertiary/aromatic N) is 2. The number of hydrogen-bond acceptors (Lipinski definition) is 1. The predicted molar refractivity (Wildman–Crippen MR) is 85.8 cm³/mol. The van der Waals surface area contributed by atoms with Crippen LogP contribution >= 0.6 is 0 Å². The normalized spacial score (nSPS) is 10.6. The summed E-state index contributed by atoms with van der Waals surface area (Å²) in [4.78, 5) is 4.06. The van der Waals surface area contributed by atoms with E-state index in [4.69, 9.17) is 0 Å². The van der Waals surface area contributed by atoms with Gasteiger partial charge in [0.25, 0.3) is 0 Å². The first kappa shape index (κ1) is 13.5. The maximum atomic E-state index is 4.06. The van der Waals surface area contributed by atoms with Crippen LogP contribution in [-0.4, -0.2) is 4.98 Å². The highest BCUT2D eigenvalue weighted by Crippen LogP contribution is 2.24. The highest BCUT2D eigenvalue weighted by molar-refractivity contribution is 5.70. The molecule has 0 N–H and O–H groups in total. The van der Waals surface area contributed by atoms with E-state index in [0.717, 1.165) is 0 Å². The summed E-state index contributed by atoms with van der Waals surface area (Å²) in [7, 11) is 2.10. The molecule has 1 aromatic carbocycles. The maximum Gasteiger partial charge on any atom is 0.178 e. The van der Waals surface area contributed by atoms with E-state index in [1.807, 2.05) is 24.5 Å². The van der Waals surface area contributed by atoms with Crippen LogP contribution < -0.4 is 4.57 Å². The Morgan fingerprint density at radius 3 is 1.62 bits per heavy atom. The van der Waals surface area contributed by atoms with Crippen LogP contribution in [0.1, 0.15) is 11.4 Å². The van der Waals surface area contributed by atoms with Gasteiger partial charge in [0.05, 0.1) is 0 Å². The zero-order valence-corrected chi connectivity index (χ0v) is 12.7. The summed E-state index contributed by atoms with van der Waals surface area (Å²) in [5, 5.41) is 0. The van der Waals surface area contributed by atoms with Crippen LogP contribution in [0.15, 0.2) is 60.9 Å². The molecule has 104 valence electrons. The van der Waals surface area contributed by atoms with Gasteiger partial charge in [-0.3, -0.25) is 4.98 Å². The fourth-order valence-corrected chi connectivity index (χ4v) is 2.53. The molecule has 0 amide bonds. The first-order valence-electron chi connectivity index (χ1n) is 7.13. The van der Waals surface area contributed by atoms with Gasteiger partial charge >= 0.3 is 0 Å². The van der Waals surface area contributed by atoms with Crippen molar-refractivity contribution < 1.29 is 4.57 Å². The molecule has 0 aliphatic carbocycles. The second-order valence-electron chi connectivity index (χ2n) is 5.40. The van der Waals surface area contributed by atoms with E-state index in [1.54, 1.807) is 0 Å². The van der Waals surface area contributed by atoms with Gasteiger partial charge in [-0.1, -0.05) is 24.3 Å². The molecule has 0 atom stereocenters. The van der Waals surface area contributed by atoms with Crippen LogP contribution in [0.4, 0.5) is 0 Å². The summed E-state index contributed by atoms with van der Waals surface area (Å²) in [6.07, 6.45) is 3.65. The molecule has 0 aliphatic rings. The summed E-state index contributed by atoms with van der Waals surface area (Å²) in [5.74, 6) is 0. The van der Waals surface area contributed by atoms with E-state index in [0.29, 0.717) is 0 Å². The van der Waals surface area contributed by atoms with E-state index in [1.165, 1.54) is 33.6 Å². The molecular weight excluding hydrogens is 256 g/mol. The Morgan fingerprint density at radius 2 is 1.10 bits per heavy atom. The largest absolute Gasteiger partial charge is 0.265 e. The minimum atomic E-state index is 1.20. The number of aromatic nitrogens is 2. The van der Waals surface area contributed by atoms with Gasteiger partial charge in [-0.25, -0.2) is 4.57 Å². The molecule has 0 saturated carbocycles. The average molecular weight is 275 g/mol. The number of hydrogen-bond donors (Lipinski definition) is 0. The van der Waals surface area contributed by atoms with Crippen molar-refractivity contribution in [2.45, 2.75) is 13.8 Å². The van der Waals surface area contributed by atoms with Crippen molar-refractivity contribution >= 4 is 0 Å². The summed E-state index contributed by atoms with van der Waals surface area (Å²) < 4.78 is 2.20. The highest BCUT2D eigenvalue weighted by atomic mass is 14.9. The Hall–Kier alpha value is -2.48. The molecule has 0 unspecified atom stereocenters. The van der Waals surface area contributed by atoms with Gasteiger partial charge in [0.2, 0.25) is 0 Å². The van der Waals surface area contributed by atoms with Gasteiger partial charge in [-0.05, 0) is 34.4 Å². The van der Waals surface area contributed by atoms with Crippen molar-refractivity contribution in [2.24, 2.45) is 7.05 Å². The van der Waals surface area contributed by atoms with Gasteiger partial charge in [0, 0.05) is 38.4 Å². The Morgan fingerprint density at radius 1 is 0.667 bits per heavy atom. The monoisotopic (exact) mass is 275 g/mol. The Balaban J connectivity index is 1.98. The summed E-state index contributed by atoms with van der Waals surface area (Å²) in [5.41, 5.74) is 7.47. The molecule has 0 spiro atoms. The van der Waals surface area contributed by atoms with Crippen molar-refractivity contribution in [1.29, 1.82) is 0 Å². The van der Waals surface area contributed by atoms with Crippen LogP contribution in [0.25, 0.3) is 22.3 Å². The molecule has 2 heterocycles. The summed E-state index contributed by atoms with van der Waals surface area (Å²) in [6, 6.07) is 17.2. The fourth-order valence-electron chi connectivity index (χ4n) is 2.53. The van der Waals surface area contributed by atoms with Crippen molar-refractivity contribution in [2.75, 3.05) is 0 Å². The van der Waals surface area contributed by atoms with E-state index in [2.05, 4.69) is 66.8 Å². The number of aryl methyl sites for hydroxylation is 2. The van der Waals surface area contributed by atoms with Gasteiger partial charge in [-0.2, -0.15) is 0 Å². The van der Waals surface area contributed by atoms with Crippen molar-refractivity contribution in [3.05, 3.63) is 72.3 Å². The molecule has 0 aliphatic heterocycles. The SMILES string of the molecule is Cc1cc(-c2ccc(-c3ccncc3)cc2)cc(C)[n+]1C. The van der Waals surface area contributed by atoms with Crippen LogP contribution in [0.3, 0.4) is 0 Å². The van der Waals surface area contributed by atoms with Crippen LogP contribution in [0.2, 0.25) is 0 Å². The molecule has 21 heavy (non-hydrogen) atoms. The average Bonchev–Trinajstić information content (AvgIpc) is 2.53. The van der Waals surface area contributed by atoms with Crippen molar-refractivity contribution in [1.82, 2.24) is 4.98 Å². The molecule has 0 fully saturated rings. The second kappa shape index (κ2) is 5.49. The third-order valence-corrected chi connectivity index (χ3v) is 4.02.